The number of ether oxygens (including phenoxy) is 4. The number of non-ortho nitro benzene ring substituents is 1. The standard InChI is InChI=1S/C19H20N2O6/c1-2-20(8-13-3-4-17-18(5-13)26-12-25-17)9-14-6-16(21(22)23)7-15-10-24-11-27-19(14)15/h3-7H,2,8-12H2,1H3. The maximum Gasteiger partial charge on any atom is 0.270 e. The summed E-state index contributed by atoms with van der Waals surface area (Å²) in [5.74, 6) is 2.19. The van der Waals surface area contributed by atoms with E-state index in [9.17, 15) is 10.1 Å². The zero-order valence-electron chi connectivity index (χ0n) is 15.0. The van der Waals surface area contributed by atoms with Gasteiger partial charge in [0.2, 0.25) is 6.79 Å². The van der Waals surface area contributed by atoms with E-state index in [1.54, 1.807) is 6.07 Å². The van der Waals surface area contributed by atoms with Gasteiger partial charge in [-0.25, -0.2) is 0 Å². The van der Waals surface area contributed by atoms with Crippen LogP contribution in [0, 0.1) is 10.1 Å². The first-order valence-electron chi connectivity index (χ1n) is 8.75. The van der Waals surface area contributed by atoms with Gasteiger partial charge in [-0.2, -0.15) is 0 Å². The molecule has 0 unspecified atom stereocenters. The summed E-state index contributed by atoms with van der Waals surface area (Å²) < 4.78 is 21.7. The molecule has 0 saturated carbocycles. The van der Waals surface area contributed by atoms with Crippen molar-refractivity contribution in [1.29, 1.82) is 0 Å². The highest BCUT2D eigenvalue weighted by molar-refractivity contribution is 5.50. The average Bonchev–Trinajstić information content (AvgIpc) is 3.15. The lowest BCUT2D eigenvalue weighted by molar-refractivity contribution is -0.385. The summed E-state index contributed by atoms with van der Waals surface area (Å²) in [4.78, 5) is 13.1. The molecule has 4 rings (SSSR count). The highest BCUT2D eigenvalue weighted by Crippen LogP contribution is 2.35. The fourth-order valence-corrected chi connectivity index (χ4v) is 3.32. The lowest BCUT2D eigenvalue weighted by Gasteiger charge is -2.25. The van der Waals surface area contributed by atoms with Gasteiger partial charge in [0, 0.05) is 36.3 Å². The molecule has 0 bridgehead atoms. The largest absolute Gasteiger partial charge is 0.467 e. The maximum absolute atomic E-state index is 11.3. The van der Waals surface area contributed by atoms with E-state index >= 15 is 0 Å². The first-order chi connectivity index (χ1) is 13.1. The Hall–Kier alpha value is -2.84. The van der Waals surface area contributed by atoms with Crippen LogP contribution in [0.2, 0.25) is 0 Å². The third kappa shape index (κ3) is 3.67. The first kappa shape index (κ1) is 17.6. The van der Waals surface area contributed by atoms with Crippen LogP contribution in [-0.2, 0) is 24.4 Å². The number of nitrogens with zero attached hydrogens (tertiary/aromatic N) is 2. The second-order valence-electron chi connectivity index (χ2n) is 6.45. The van der Waals surface area contributed by atoms with Gasteiger partial charge in [-0.15, -0.1) is 0 Å². The fourth-order valence-electron chi connectivity index (χ4n) is 3.32. The average molecular weight is 372 g/mol. The molecule has 2 aliphatic rings. The molecule has 2 heterocycles. The number of hydrogen-bond acceptors (Lipinski definition) is 7. The second-order valence-corrected chi connectivity index (χ2v) is 6.45. The topological polar surface area (TPSA) is 83.3 Å². The van der Waals surface area contributed by atoms with Crippen LogP contribution in [0.15, 0.2) is 30.3 Å². The SMILES string of the molecule is CCN(Cc1ccc2c(c1)OCO2)Cc1cc([N+](=O)[O-])cc2c1OCOC2. The molecular formula is C19H20N2O6. The third-order valence-electron chi connectivity index (χ3n) is 4.67. The zero-order valence-corrected chi connectivity index (χ0v) is 15.0. The normalized spacial score (nSPS) is 14.7. The Morgan fingerprint density at radius 2 is 1.93 bits per heavy atom. The Labute approximate surface area is 156 Å². The molecule has 27 heavy (non-hydrogen) atoms. The summed E-state index contributed by atoms with van der Waals surface area (Å²) >= 11 is 0. The molecule has 2 aromatic rings. The Bertz CT molecular complexity index is 870. The molecule has 2 aromatic carbocycles. The van der Waals surface area contributed by atoms with E-state index in [0.717, 1.165) is 29.2 Å². The summed E-state index contributed by atoms with van der Waals surface area (Å²) in [5, 5.41) is 11.3. The molecule has 2 aliphatic heterocycles. The first-order valence-corrected chi connectivity index (χ1v) is 8.75. The van der Waals surface area contributed by atoms with Gasteiger partial charge in [0.15, 0.2) is 18.3 Å². The minimum Gasteiger partial charge on any atom is -0.467 e. The van der Waals surface area contributed by atoms with Crippen molar-refractivity contribution in [2.45, 2.75) is 26.6 Å². The van der Waals surface area contributed by atoms with Crippen molar-refractivity contribution in [3.05, 3.63) is 57.1 Å². The fraction of sp³-hybridized carbons (Fsp3) is 0.368. The zero-order chi connectivity index (χ0) is 18.8. The number of nitro benzene ring substituents is 1. The van der Waals surface area contributed by atoms with Crippen molar-refractivity contribution >= 4 is 5.69 Å². The quantitative estimate of drug-likeness (QED) is 0.569. The van der Waals surface area contributed by atoms with E-state index in [4.69, 9.17) is 18.9 Å². The number of hydrogen-bond donors (Lipinski definition) is 0. The van der Waals surface area contributed by atoms with E-state index < -0.39 is 0 Å². The smallest absolute Gasteiger partial charge is 0.270 e. The van der Waals surface area contributed by atoms with Gasteiger partial charge in [-0.05, 0) is 24.2 Å². The van der Waals surface area contributed by atoms with Crippen LogP contribution < -0.4 is 14.2 Å². The van der Waals surface area contributed by atoms with Crippen molar-refractivity contribution in [2.75, 3.05) is 20.1 Å². The van der Waals surface area contributed by atoms with Gasteiger partial charge in [0.25, 0.3) is 5.69 Å². The number of nitro groups is 1. The van der Waals surface area contributed by atoms with Crippen LogP contribution in [-0.4, -0.2) is 30.0 Å². The lowest BCUT2D eigenvalue weighted by Crippen LogP contribution is -2.24. The van der Waals surface area contributed by atoms with Gasteiger partial charge >= 0.3 is 0 Å². The summed E-state index contributed by atoms with van der Waals surface area (Å²) in [6, 6.07) is 8.99. The van der Waals surface area contributed by atoms with Crippen LogP contribution in [0.4, 0.5) is 5.69 Å². The summed E-state index contributed by atoms with van der Waals surface area (Å²) in [6.45, 7) is 4.78. The van der Waals surface area contributed by atoms with E-state index in [1.165, 1.54) is 6.07 Å². The van der Waals surface area contributed by atoms with E-state index in [0.29, 0.717) is 31.0 Å². The third-order valence-corrected chi connectivity index (χ3v) is 4.67. The predicted octanol–water partition coefficient (Wildman–Crippen LogP) is 3.21. The summed E-state index contributed by atoms with van der Waals surface area (Å²) in [7, 11) is 0. The monoisotopic (exact) mass is 372 g/mol. The molecule has 0 N–H and O–H groups in total. The van der Waals surface area contributed by atoms with Crippen LogP contribution in [0.25, 0.3) is 0 Å². The van der Waals surface area contributed by atoms with Crippen LogP contribution in [0.1, 0.15) is 23.6 Å². The van der Waals surface area contributed by atoms with Crippen molar-refractivity contribution in [2.24, 2.45) is 0 Å². The Balaban J connectivity index is 1.57. The Kier molecular flexibility index (Phi) is 4.83. The van der Waals surface area contributed by atoms with Crippen molar-refractivity contribution < 1.29 is 23.9 Å². The highest BCUT2D eigenvalue weighted by Gasteiger charge is 2.22. The molecule has 0 amide bonds. The van der Waals surface area contributed by atoms with E-state index in [-0.39, 0.29) is 24.2 Å². The molecule has 0 saturated heterocycles. The second kappa shape index (κ2) is 7.42. The Morgan fingerprint density at radius 3 is 2.74 bits per heavy atom. The van der Waals surface area contributed by atoms with Crippen molar-refractivity contribution in [1.82, 2.24) is 4.90 Å². The lowest BCUT2D eigenvalue weighted by atomic mass is 10.1. The van der Waals surface area contributed by atoms with Gasteiger partial charge < -0.3 is 18.9 Å². The van der Waals surface area contributed by atoms with Gasteiger partial charge in [-0.3, -0.25) is 15.0 Å². The van der Waals surface area contributed by atoms with Crippen LogP contribution >= 0.6 is 0 Å². The molecular weight excluding hydrogens is 352 g/mol. The number of benzene rings is 2. The molecule has 0 radical (unpaired) electrons. The van der Waals surface area contributed by atoms with Gasteiger partial charge in [0.1, 0.15) is 5.75 Å². The molecule has 0 aromatic heterocycles. The molecule has 142 valence electrons. The minimum atomic E-state index is -0.382. The molecule has 8 heteroatoms. The Morgan fingerprint density at radius 1 is 1.07 bits per heavy atom. The van der Waals surface area contributed by atoms with Crippen LogP contribution in [0.5, 0.6) is 17.2 Å². The molecule has 0 fully saturated rings. The van der Waals surface area contributed by atoms with Crippen LogP contribution in [0.3, 0.4) is 0 Å². The summed E-state index contributed by atoms with van der Waals surface area (Å²) in [5.41, 5.74) is 2.65. The summed E-state index contributed by atoms with van der Waals surface area (Å²) in [6.07, 6.45) is 0. The van der Waals surface area contributed by atoms with Crippen molar-refractivity contribution in [3.63, 3.8) is 0 Å². The molecule has 8 nitrogen and oxygen atoms in total. The number of rotatable bonds is 6. The molecule has 0 spiro atoms. The predicted molar refractivity (Wildman–Crippen MR) is 95.7 cm³/mol. The maximum atomic E-state index is 11.3. The minimum absolute atomic E-state index is 0.0528. The molecule has 0 atom stereocenters. The van der Waals surface area contributed by atoms with Crippen molar-refractivity contribution in [3.8, 4) is 17.2 Å². The van der Waals surface area contributed by atoms with Gasteiger partial charge in [-0.1, -0.05) is 13.0 Å². The van der Waals surface area contributed by atoms with E-state index in [1.807, 2.05) is 18.2 Å². The van der Waals surface area contributed by atoms with Gasteiger partial charge in [0.05, 0.1) is 11.5 Å². The number of fused-ring (bicyclic) bond motifs is 2. The molecule has 0 aliphatic carbocycles. The highest BCUT2D eigenvalue weighted by atomic mass is 16.7. The van der Waals surface area contributed by atoms with E-state index in [2.05, 4.69) is 11.8 Å².